The van der Waals surface area contributed by atoms with E-state index in [2.05, 4.69) is 4.98 Å². The SMILES string of the molecule is Cc1cccc(Oc2ccc([N+](=O)[O-])c(N)n2)c1F. The number of nitrogen functional groups attached to an aromatic ring is 1. The standard InChI is InChI=1S/C12H10FN3O3/c1-7-3-2-4-9(11(7)13)19-10-6-5-8(16(17)18)12(14)15-10/h2-6H,1H3,(H2,14,15). The number of nitrogens with two attached hydrogens (primary N) is 1. The van der Waals surface area contributed by atoms with Gasteiger partial charge in [0.1, 0.15) is 0 Å². The zero-order valence-electron chi connectivity index (χ0n) is 9.96. The predicted molar refractivity (Wildman–Crippen MR) is 66.5 cm³/mol. The summed E-state index contributed by atoms with van der Waals surface area (Å²) in [6, 6.07) is 7.07. The molecule has 0 aliphatic carbocycles. The van der Waals surface area contributed by atoms with Crippen molar-refractivity contribution in [1.29, 1.82) is 0 Å². The highest BCUT2D eigenvalue weighted by Crippen LogP contribution is 2.28. The van der Waals surface area contributed by atoms with Gasteiger partial charge < -0.3 is 10.5 Å². The molecule has 1 aromatic carbocycles. The highest BCUT2D eigenvalue weighted by atomic mass is 19.1. The molecule has 0 aliphatic heterocycles. The number of aryl methyl sites for hydroxylation is 1. The zero-order valence-corrected chi connectivity index (χ0v) is 9.96. The molecule has 1 heterocycles. The normalized spacial score (nSPS) is 10.2. The quantitative estimate of drug-likeness (QED) is 0.679. The number of hydrogen-bond donors (Lipinski definition) is 1. The molecule has 0 radical (unpaired) electrons. The maximum absolute atomic E-state index is 13.7. The number of pyridine rings is 1. The lowest BCUT2D eigenvalue weighted by molar-refractivity contribution is -0.384. The van der Waals surface area contributed by atoms with Gasteiger partial charge in [0, 0.05) is 12.1 Å². The number of hydrogen-bond acceptors (Lipinski definition) is 5. The monoisotopic (exact) mass is 263 g/mol. The Balaban J connectivity index is 2.32. The van der Waals surface area contributed by atoms with Crippen LogP contribution in [0.1, 0.15) is 5.56 Å². The van der Waals surface area contributed by atoms with Gasteiger partial charge in [0.05, 0.1) is 4.92 Å². The van der Waals surface area contributed by atoms with Crippen LogP contribution in [0.3, 0.4) is 0 Å². The van der Waals surface area contributed by atoms with Crippen LogP contribution in [0.4, 0.5) is 15.9 Å². The third kappa shape index (κ3) is 2.59. The van der Waals surface area contributed by atoms with Crippen molar-refractivity contribution in [1.82, 2.24) is 4.98 Å². The molecule has 2 aromatic rings. The van der Waals surface area contributed by atoms with Crippen LogP contribution in [-0.4, -0.2) is 9.91 Å². The average molecular weight is 263 g/mol. The molecule has 2 rings (SSSR count). The lowest BCUT2D eigenvalue weighted by Crippen LogP contribution is -2.00. The Morgan fingerprint density at radius 2 is 2.11 bits per heavy atom. The molecular weight excluding hydrogens is 253 g/mol. The van der Waals surface area contributed by atoms with Crippen molar-refractivity contribution in [2.75, 3.05) is 5.73 Å². The van der Waals surface area contributed by atoms with Crippen LogP contribution >= 0.6 is 0 Å². The largest absolute Gasteiger partial charge is 0.436 e. The number of ether oxygens (including phenoxy) is 1. The van der Waals surface area contributed by atoms with Crippen LogP contribution in [0.2, 0.25) is 0 Å². The van der Waals surface area contributed by atoms with Gasteiger partial charge in [-0.05, 0) is 18.6 Å². The van der Waals surface area contributed by atoms with E-state index in [4.69, 9.17) is 10.5 Å². The molecule has 2 N–H and O–H groups in total. The summed E-state index contributed by atoms with van der Waals surface area (Å²) in [7, 11) is 0. The van der Waals surface area contributed by atoms with Crippen molar-refractivity contribution < 1.29 is 14.1 Å². The van der Waals surface area contributed by atoms with Crippen molar-refractivity contribution in [3.63, 3.8) is 0 Å². The molecule has 0 amide bonds. The fraction of sp³-hybridized carbons (Fsp3) is 0.0833. The van der Waals surface area contributed by atoms with Gasteiger partial charge in [0.2, 0.25) is 11.7 Å². The second kappa shape index (κ2) is 4.89. The average Bonchev–Trinajstić information content (AvgIpc) is 2.34. The van der Waals surface area contributed by atoms with E-state index in [-0.39, 0.29) is 23.1 Å². The number of benzene rings is 1. The molecule has 7 heteroatoms. The van der Waals surface area contributed by atoms with Crippen molar-refractivity contribution in [2.24, 2.45) is 0 Å². The molecule has 0 fully saturated rings. The van der Waals surface area contributed by atoms with E-state index >= 15 is 0 Å². The molecule has 0 saturated heterocycles. The van der Waals surface area contributed by atoms with Gasteiger partial charge in [-0.15, -0.1) is 0 Å². The summed E-state index contributed by atoms with van der Waals surface area (Å²) in [5, 5.41) is 10.6. The molecule has 19 heavy (non-hydrogen) atoms. The van der Waals surface area contributed by atoms with E-state index in [0.29, 0.717) is 5.56 Å². The Hall–Kier alpha value is -2.70. The second-order valence-electron chi connectivity index (χ2n) is 3.80. The molecule has 6 nitrogen and oxygen atoms in total. The van der Waals surface area contributed by atoms with Crippen molar-refractivity contribution in [2.45, 2.75) is 6.92 Å². The Bertz CT molecular complexity index is 646. The fourth-order valence-electron chi connectivity index (χ4n) is 1.47. The van der Waals surface area contributed by atoms with Crippen molar-refractivity contribution in [3.8, 4) is 11.6 Å². The minimum atomic E-state index is -0.653. The maximum Gasteiger partial charge on any atom is 0.311 e. The summed E-state index contributed by atoms with van der Waals surface area (Å²) < 4.78 is 18.9. The summed E-state index contributed by atoms with van der Waals surface area (Å²) in [6.45, 7) is 1.60. The Labute approximate surface area is 107 Å². The number of nitro groups is 1. The van der Waals surface area contributed by atoms with E-state index in [0.717, 1.165) is 6.07 Å². The van der Waals surface area contributed by atoms with E-state index in [1.165, 1.54) is 12.1 Å². The van der Waals surface area contributed by atoms with Crippen LogP contribution in [0.25, 0.3) is 0 Å². The third-order valence-electron chi connectivity index (χ3n) is 2.44. The molecule has 0 atom stereocenters. The predicted octanol–water partition coefficient (Wildman–Crippen LogP) is 2.81. The molecule has 1 aromatic heterocycles. The van der Waals surface area contributed by atoms with Gasteiger partial charge >= 0.3 is 5.69 Å². The van der Waals surface area contributed by atoms with Crippen LogP contribution < -0.4 is 10.5 Å². The number of nitrogens with zero attached hydrogens (tertiary/aromatic N) is 2. The highest BCUT2D eigenvalue weighted by molar-refractivity contribution is 5.53. The van der Waals surface area contributed by atoms with E-state index in [1.54, 1.807) is 19.1 Å². The summed E-state index contributed by atoms with van der Waals surface area (Å²) in [5.74, 6) is -0.815. The van der Waals surface area contributed by atoms with Gasteiger partial charge in [-0.1, -0.05) is 12.1 Å². The second-order valence-corrected chi connectivity index (χ2v) is 3.80. The molecule has 0 saturated carbocycles. The molecule has 0 bridgehead atoms. The first-order valence-electron chi connectivity index (χ1n) is 5.33. The molecule has 0 unspecified atom stereocenters. The lowest BCUT2D eigenvalue weighted by Gasteiger charge is -2.07. The van der Waals surface area contributed by atoms with E-state index in [9.17, 15) is 14.5 Å². The van der Waals surface area contributed by atoms with Gasteiger partial charge in [-0.3, -0.25) is 10.1 Å². The molecule has 98 valence electrons. The Kier molecular flexibility index (Phi) is 3.28. The molecular formula is C12H10FN3O3. The number of halogens is 1. The number of rotatable bonds is 3. The van der Waals surface area contributed by atoms with E-state index < -0.39 is 10.7 Å². The minimum Gasteiger partial charge on any atom is -0.436 e. The van der Waals surface area contributed by atoms with Crippen LogP contribution in [0.15, 0.2) is 30.3 Å². The van der Waals surface area contributed by atoms with E-state index in [1.807, 2.05) is 0 Å². The fourth-order valence-corrected chi connectivity index (χ4v) is 1.47. The maximum atomic E-state index is 13.7. The minimum absolute atomic E-state index is 0.00685. The van der Waals surface area contributed by atoms with Crippen LogP contribution in [-0.2, 0) is 0 Å². The summed E-state index contributed by atoms with van der Waals surface area (Å²) in [4.78, 5) is 13.6. The first-order valence-corrected chi connectivity index (χ1v) is 5.33. The Morgan fingerprint density at radius 3 is 2.74 bits per heavy atom. The van der Waals surface area contributed by atoms with Gasteiger partial charge in [-0.25, -0.2) is 4.39 Å². The zero-order chi connectivity index (χ0) is 14.0. The number of aromatic nitrogens is 1. The first-order chi connectivity index (χ1) is 8.99. The summed E-state index contributed by atoms with van der Waals surface area (Å²) >= 11 is 0. The van der Waals surface area contributed by atoms with Crippen LogP contribution in [0.5, 0.6) is 11.6 Å². The topological polar surface area (TPSA) is 91.3 Å². The third-order valence-corrected chi connectivity index (χ3v) is 2.44. The van der Waals surface area contributed by atoms with Gasteiger partial charge in [0.25, 0.3) is 0 Å². The van der Waals surface area contributed by atoms with Gasteiger partial charge in [-0.2, -0.15) is 4.98 Å². The summed E-state index contributed by atoms with van der Waals surface area (Å²) in [6.07, 6.45) is 0. The smallest absolute Gasteiger partial charge is 0.311 e. The van der Waals surface area contributed by atoms with Gasteiger partial charge in [0.15, 0.2) is 11.6 Å². The molecule has 0 aliphatic rings. The van der Waals surface area contributed by atoms with Crippen LogP contribution in [0, 0.1) is 22.9 Å². The molecule has 0 spiro atoms. The number of anilines is 1. The van der Waals surface area contributed by atoms with Crippen molar-refractivity contribution in [3.05, 3.63) is 51.8 Å². The van der Waals surface area contributed by atoms with Crippen molar-refractivity contribution >= 4 is 11.5 Å². The lowest BCUT2D eigenvalue weighted by atomic mass is 10.2. The highest BCUT2D eigenvalue weighted by Gasteiger charge is 2.14. The summed E-state index contributed by atoms with van der Waals surface area (Å²) in [5.41, 5.74) is 5.52. The Morgan fingerprint density at radius 1 is 1.37 bits per heavy atom. The first kappa shape index (κ1) is 12.7.